The molecule has 2 amide bonds. The van der Waals surface area contributed by atoms with Gasteiger partial charge in [0, 0.05) is 16.6 Å². The lowest BCUT2D eigenvalue weighted by Crippen LogP contribution is -2.41. The molecule has 2 aliphatic rings. The van der Waals surface area contributed by atoms with E-state index in [1.165, 1.54) is 6.42 Å². The Kier molecular flexibility index (Phi) is 7.10. The highest BCUT2D eigenvalue weighted by molar-refractivity contribution is 6.30. The number of carbonyl (C=O) groups excluding carboxylic acids is 2. The van der Waals surface area contributed by atoms with Gasteiger partial charge in [0.1, 0.15) is 0 Å². The molecule has 0 spiro atoms. The molecule has 0 aromatic heterocycles. The molecule has 1 aliphatic heterocycles. The number of ether oxygens (including phenoxy) is 1. The van der Waals surface area contributed by atoms with E-state index in [-0.39, 0.29) is 23.6 Å². The first-order chi connectivity index (χ1) is 17.5. The highest BCUT2D eigenvalue weighted by atomic mass is 35.5. The third kappa shape index (κ3) is 5.31. The molecule has 2 unspecified atom stereocenters. The van der Waals surface area contributed by atoms with Gasteiger partial charge in [0.15, 0.2) is 11.5 Å². The van der Waals surface area contributed by atoms with Crippen LogP contribution in [0.1, 0.15) is 54.1 Å². The number of carbonyl (C=O) groups is 2. The lowest BCUT2D eigenvalue weighted by Gasteiger charge is -2.30. The smallest absolute Gasteiger partial charge is 0.294 e. The van der Waals surface area contributed by atoms with Crippen molar-refractivity contribution >= 4 is 35.2 Å². The molecule has 0 saturated heterocycles. The van der Waals surface area contributed by atoms with E-state index in [4.69, 9.17) is 16.3 Å². The van der Waals surface area contributed by atoms with Gasteiger partial charge in [0.2, 0.25) is 0 Å². The monoisotopic (exact) mass is 500 g/mol. The molecule has 2 atom stereocenters. The predicted octanol–water partition coefficient (Wildman–Crippen LogP) is 6.62. The Hall–Kier alpha value is -3.57. The van der Waals surface area contributed by atoms with Crippen molar-refractivity contribution in [1.82, 2.24) is 5.32 Å². The topological polar surface area (TPSA) is 58.6 Å². The van der Waals surface area contributed by atoms with E-state index < -0.39 is 0 Å². The van der Waals surface area contributed by atoms with E-state index in [1.54, 1.807) is 23.1 Å². The molecule has 184 valence electrons. The SMILES string of the molecule is CC1CCCCC1NC(=O)c1ccc(C=C2Oc3ccccc3N(Cc3ccc(Cl)cc3)C2=O)cc1. The van der Waals surface area contributed by atoms with Gasteiger partial charge in [-0.25, -0.2) is 0 Å². The van der Waals surface area contributed by atoms with Crippen molar-refractivity contribution in [3.05, 3.63) is 100 Å². The minimum Gasteiger partial charge on any atom is -0.449 e. The Morgan fingerprint density at radius 1 is 1.03 bits per heavy atom. The summed E-state index contributed by atoms with van der Waals surface area (Å²) in [5.41, 5.74) is 3.08. The number of benzene rings is 3. The number of nitrogens with zero attached hydrogens (tertiary/aromatic N) is 1. The number of anilines is 1. The fraction of sp³-hybridized carbons (Fsp3) is 0.267. The van der Waals surface area contributed by atoms with Gasteiger partial charge in [-0.05, 0) is 72.4 Å². The largest absolute Gasteiger partial charge is 0.449 e. The number of para-hydroxylation sites is 2. The van der Waals surface area contributed by atoms with Crippen LogP contribution in [-0.2, 0) is 11.3 Å². The minimum absolute atomic E-state index is 0.0546. The number of fused-ring (bicyclic) bond motifs is 1. The maximum absolute atomic E-state index is 13.4. The first kappa shape index (κ1) is 24.1. The molecule has 5 rings (SSSR count). The summed E-state index contributed by atoms with van der Waals surface area (Å²) >= 11 is 6.03. The zero-order valence-electron chi connectivity index (χ0n) is 20.2. The molecular weight excluding hydrogens is 472 g/mol. The summed E-state index contributed by atoms with van der Waals surface area (Å²) < 4.78 is 5.99. The Labute approximate surface area is 216 Å². The van der Waals surface area contributed by atoms with E-state index in [2.05, 4.69) is 12.2 Å². The summed E-state index contributed by atoms with van der Waals surface area (Å²) in [6.07, 6.45) is 6.31. The standard InChI is InChI=1S/C30H29ClN2O3/c1-20-6-2-3-7-25(20)32-29(34)23-14-10-21(11-15-23)18-28-30(35)33(19-22-12-16-24(31)17-13-22)26-8-4-5-9-27(26)36-28/h4-5,8-18,20,25H,2-3,6-7,19H2,1H3,(H,32,34). The summed E-state index contributed by atoms with van der Waals surface area (Å²) in [4.78, 5) is 27.9. The Morgan fingerprint density at radius 3 is 2.50 bits per heavy atom. The van der Waals surface area contributed by atoms with E-state index in [0.29, 0.717) is 28.8 Å². The zero-order chi connectivity index (χ0) is 25.1. The second-order valence-electron chi connectivity index (χ2n) is 9.56. The quantitative estimate of drug-likeness (QED) is 0.401. The molecular formula is C30H29ClN2O3. The van der Waals surface area contributed by atoms with Crippen LogP contribution in [-0.4, -0.2) is 17.9 Å². The number of hydrogen-bond acceptors (Lipinski definition) is 3. The fourth-order valence-electron chi connectivity index (χ4n) is 4.86. The molecule has 6 heteroatoms. The molecule has 3 aromatic rings. The average molecular weight is 501 g/mol. The van der Waals surface area contributed by atoms with Crippen molar-refractivity contribution in [2.45, 2.75) is 45.2 Å². The van der Waals surface area contributed by atoms with Crippen molar-refractivity contribution in [1.29, 1.82) is 0 Å². The molecule has 0 bridgehead atoms. The third-order valence-corrected chi connectivity index (χ3v) is 7.24. The third-order valence-electron chi connectivity index (χ3n) is 6.98. The molecule has 36 heavy (non-hydrogen) atoms. The number of halogens is 1. The summed E-state index contributed by atoms with van der Waals surface area (Å²) in [6.45, 7) is 2.60. The summed E-state index contributed by atoms with van der Waals surface area (Å²) in [6, 6.07) is 22.4. The van der Waals surface area contributed by atoms with Gasteiger partial charge in [-0.15, -0.1) is 0 Å². The van der Waals surface area contributed by atoms with Crippen LogP contribution in [0.4, 0.5) is 5.69 Å². The summed E-state index contributed by atoms with van der Waals surface area (Å²) in [5, 5.41) is 3.84. The van der Waals surface area contributed by atoms with Crippen LogP contribution in [0.5, 0.6) is 5.75 Å². The molecule has 1 aliphatic carbocycles. The molecule has 1 N–H and O–H groups in total. The normalized spacial score (nSPS) is 20.6. The number of hydrogen-bond donors (Lipinski definition) is 1. The first-order valence-corrected chi connectivity index (χ1v) is 12.8. The van der Waals surface area contributed by atoms with Gasteiger partial charge in [-0.2, -0.15) is 0 Å². The molecule has 3 aromatic carbocycles. The lowest BCUT2D eigenvalue weighted by atomic mass is 9.86. The molecule has 0 radical (unpaired) electrons. The highest BCUT2D eigenvalue weighted by Gasteiger charge is 2.30. The van der Waals surface area contributed by atoms with Crippen LogP contribution in [0, 0.1) is 5.92 Å². The molecule has 1 fully saturated rings. The van der Waals surface area contributed by atoms with Gasteiger partial charge in [-0.3, -0.25) is 14.5 Å². The van der Waals surface area contributed by atoms with Crippen molar-refractivity contribution < 1.29 is 14.3 Å². The second-order valence-corrected chi connectivity index (χ2v) is 10.00. The number of rotatable bonds is 5. The van der Waals surface area contributed by atoms with Crippen molar-refractivity contribution in [2.24, 2.45) is 5.92 Å². The van der Waals surface area contributed by atoms with Gasteiger partial charge in [0.25, 0.3) is 11.8 Å². The average Bonchev–Trinajstić information content (AvgIpc) is 2.89. The Balaban J connectivity index is 1.35. The maximum atomic E-state index is 13.4. The maximum Gasteiger partial charge on any atom is 0.294 e. The van der Waals surface area contributed by atoms with E-state index in [0.717, 1.165) is 36.1 Å². The Morgan fingerprint density at radius 2 is 1.75 bits per heavy atom. The lowest BCUT2D eigenvalue weighted by molar-refractivity contribution is -0.117. The second kappa shape index (κ2) is 10.6. The number of nitrogens with one attached hydrogen (secondary N) is 1. The van der Waals surface area contributed by atoms with Crippen LogP contribution < -0.4 is 15.0 Å². The number of amides is 2. The van der Waals surface area contributed by atoms with Crippen molar-refractivity contribution in [3.63, 3.8) is 0 Å². The first-order valence-electron chi connectivity index (χ1n) is 12.4. The van der Waals surface area contributed by atoms with Gasteiger partial charge in [-0.1, -0.05) is 67.8 Å². The van der Waals surface area contributed by atoms with E-state index in [9.17, 15) is 9.59 Å². The van der Waals surface area contributed by atoms with Crippen LogP contribution in [0.2, 0.25) is 5.02 Å². The van der Waals surface area contributed by atoms with E-state index in [1.807, 2.05) is 60.7 Å². The molecule has 1 heterocycles. The van der Waals surface area contributed by atoms with Crippen LogP contribution in [0.3, 0.4) is 0 Å². The fourth-order valence-corrected chi connectivity index (χ4v) is 4.98. The molecule has 5 nitrogen and oxygen atoms in total. The molecule has 1 saturated carbocycles. The minimum atomic E-state index is -0.225. The van der Waals surface area contributed by atoms with Crippen molar-refractivity contribution in [3.8, 4) is 5.75 Å². The zero-order valence-corrected chi connectivity index (χ0v) is 21.0. The van der Waals surface area contributed by atoms with Crippen LogP contribution >= 0.6 is 11.6 Å². The van der Waals surface area contributed by atoms with Gasteiger partial charge < -0.3 is 10.1 Å². The predicted molar refractivity (Wildman–Crippen MR) is 143 cm³/mol. The Bertz CT molecular complexity index is 1280. The van der Waals surface area contributed by atoms with Gasteiger partial charge in [0.05, 0.1) is 12.2 Å². The van der Waals surface area contributed by atoms with E-state index >= 15 is 0 Å². The highest BCUT2D eigenvalue weighted by Crippen LogP contribution is 2.36. The van der Waals surface area contributed by atoms with Crippen LogP contribution in [0.15, 0.2) is 78.6 Å². The summed E-state index contributed by atoms with van der Waals surface area (Å²) in [7, 11) is 0. The summed E-state index contributed by atoms with van der Waals surface area (Å²) in [5.74, 6) is 1.07. The van der Waals surface area contributed by atoms with Crippen molar-refractivity contribution in [2.75, 3.05) is 4.90 Å². The van der Waals surface area contributed by atoms with Gasteiger partial charge >= 0.3 is 0 Å². The van der Waals surface area contributed by atoms with Crippen LogP contribution in [0.25, 0.3) is 6.08 Å².